The summed E-state index contributed by atoms with van der Waals surface area (Å²) in [5.41, 5.74) is 1.15. The van der Waals surface area contributed by atoms with Gasteiger partial charge in [0.15, 0.2) is 4.34 Å². The maximum absolute atomic E-state index is 11.8. The van der Waals surface area contributed by atoms with Gasteiger partial charge in [0.2, 0.25) is 11.0 Å². The molecule has 2 heterocycles. The van der Waals surface area contributed by atoms with Gasteiger partial charge in [0.05, 0.1) is 10.6 Å². The number of thiophene rings is 1. The highest BCUT2D eigenvalue weighted by Crippen LogP contribution is 2.25. The number of carbonyl (C=O) groups excluding carboxylic acids is 2. The lowest BCUT2D eigenvalue weighted by Crippen LogP contribution is -2.31. The van der Waals surface area contributed by atoms with Crippen LogP contribution in [0.4, 0.5) is 5.13 Å². The van der Waals surface area contributed by atoms with Crippen LogP contribution >= 0.6 is 34.4 Å². The Morgan fingerprint density at radius 2 is 1.92 bits per heavy atom. The molecule has 0 aliphatic heterocycles. The lowest BCUT2D eigenvalue weighted by atomic mass is 10.2. The summed E-state index contributed by atoms with van der Waals surface area (Å²) < 4.78 is 0.675. The third kappa shape index (κ3) is 5.38. The third-order valence-corrected chi connectivity index (χ3v) is 5.90. The first-order valence-corrected chi connectivity index (χ1v) is 10.0. The molecule has 128 valence electrons. The van der Waals surface area contributed by atoms with Crippen molar-refractivity contribution >= 4 is 51.4 Å². The fourth-order valence-corrected chi connectivity index (χ4v) is 4.04. The molecule has 0 unspecified atom stereocenters. The SMILES string of the molecule is O=C(CSc1nnc(NCc2ccccc2)s1)NC(=O)c1cccs1. The van der Waals surface area contributed by atoms with Gasteiger partial charge in [-0.1, -0.05) is 59.5 Å². The molecule has 0 saturated carbocycles. The minimum atomic E-state index is -0.372. The Labute approximate surface area is 156 Å². The van der Waals surface area contributed by atoms with Crippen LogP contribution in [0, 0.1) is 0 Å². The van der Waals surface area contributed by atoms with Crippen molar-refractivity contribution in [1.82, 2.24) is 15.5 Å². The van der Waals surface area contributed by atoms with Crippen LogP contribution in [0.25, 0.3) is 0 Å². The Morgan fingerprint density at radius 3 is 2.68 bits per heavy atom. The van der Waals surface area contributed by atoms with Crippen molar-refractivity contribution in [3.8, 4) is 0 Å². The van der Waals surface area contributed by atoms with E-state index in [9.17, 15) is 9.59 Å². The predicted octanol–water partition coefficient (Wildman–Crippen LogP) is 3.26. The summed E-state index contributed by atoms with van der Waals surface area (Å²) >= 11 is 3.93. The number of hydrogen-bond acceptors (Lipinski definition) is 8. The number of nitrogens with one attached hydrogen (secondary N) is 2. The normalized spacial score (nSPS) is 10.4. The Bertz CT molecular complexity index is 834. The largest absolute Gasteiger partial charge is 0.356 e. The molecule has 3 rings (SSSR count). The number of carbonyl (C=O) groups is 2. The number of amides is 2. The van der Waals surface area contributed by atoms with Crippen LogP contribution in [-0.2, 0) is 11.3 Å². The molecule has 0 fully saturated rings. The summed E-state index contributed by atoms with van der Waals surface area (Å²) in [5, 5.41) is 16.1. The van der Waals surface area contributed by atoms with Crippen LogP contribution in [0.5, 0.6) is 0 Å². The zero-order valence-electron chi connectivity index (χ0n) is 13.0. The van der Waals surface area contributed by atoms with Gasteiger partial charge in [-0.3, -0.25) is 14.9 Å². The Morgan fingerprint density at radius 1 is 1.08 bits per heavy atom. The number of rotatable bonds is 7. The molecule has 0 bridgehead atoms. The van der Waals surface area contributed by atoms with Gasteiger partial charge in [0.25, 0.3) is 5.91 Å². The summed E-state index contributed by atoms with van der Waals surface area (Å²) in [5.74, 6) is -0.606. The fraction of sp³-hybridized carbons (Fsp3) is 0.125. The molecule has 2 aromatic heterocycles. The maximum atomic E-state index is 11.8. The standard InChI is InChI=1S/C16H14N4O2S3/c21-13(18-14(22)12-7-4-8-23-12)10-24-16-20-19-15(25-16)17-9-11-5-2-1-3-6-11/h1-8H,9-10H2,(H,17,19)(H,18,21,22). The zero-order valence-corrected chi connectivity index (χ0v) is 15.4. The molecule has 3 aromatic rings. The molecule has 25 heavy (non-hydrogen) atoms. The summed E-state index contributed by atoms with van der Waals surface area (Å²) in [6.07, 6.45) is 0. The molecular weight excluding hydrogens is 376 g/mol. The van der Waals surface area contributed by atoms with E-state index in [1.807, 2.05) is 30.3 Å². The summed E-state index contributed by atoms with van der Waals surface area (Å²) in [6.45, 7) is 0.663. The smallest absolute Gasteiger partial charge is 0.267 e. The average Bonchev–Trinajstić information content (AvgIpc) is 3.31. The predicted molar refractivity (Wildman–Crippen MR) is 101 cm³/mol. The highest BCUT2D eigenvalue weighted by molar-refractivity contribution is 8.01. The zero-order chi connectivity index (χ0) is 17.5. The van der Waals surface area contributed by atoms with Crippen LogP contribution in [0.3, 0.4) is 0 Å². The Hall–Kier alpha value is -2.23. The van der Waals surface area contributed by atoms with Crippen molar-refractivity contribution in [3.05, 3.63) is 58.3 Å². The quantitative estimate of drug-likeness (QED) is 0.603. The van der Waals surface area contributed by atoms with Crippen molar-refractivity contribution in [2.45, 2.75) is 10.9 Å². The minimum Gasteiger partial charge on any atom is -0.356 e. The van der Waals surface area contributed by atoms with Crippen LogP contribution in [-0.4, -0.2) is 27.8 Å². The van der Waals surface area contributed by atoms with Gasteiger partial charge in [-0.15, -0.1) is 21.5 Å². The first kappa shape index (κ1) is 17.6. The third-order valence-electron chi connectivity index (χ3n) is 3.02. The second-order valence-electron chi connectivity index (χ2n) is 4.86. The van der Waals surface area contributed by atoms with E-state index >= 15 is 0 Å². The highest BCUT2D eigenvalue weighted by atomic mass is 32.2. The van der Waals surface area contributed by atoms with Crippen LogP contribution in [0.2, 0.25) is 0 Å². The van der Waals surface area contributed by atoms with Crippen LogP contribution < -0.4 is 10.6 Å². The number of benzene rings is 1. The number of thioether (sulfide) groups is 1. The van der Waals surface area contributed by atoms with Crippen molar-refractivity contribution in [1.29, 1.82) is 0 Å². The van der Waals surface area contributed by atoms with Gasteiger partial charge < -0.3 is 5.32 Å². The second-order valence-corrected chi connectivity index (χ2v) is 8.00. The fourth-order valence-electron chi connectivity index (χ4n) is 1.87. The number of imide groups is 1. The second kappa shape index (κ2) is 8.75. The molecular formula is C16H14N4O2S3. The van der Waals surface area contributed by atoms with Gasteiger partial charge >= 0.3 is 0 Å². The molecule has 6 nitrogen and oxygen atoms in total. The summed E-state index contributed by atoms with van der Waals surface area (Å²) in [4.78, 5) is 24.1. The molecule has 0 aliphatic carbocycles. The van der Waals surface area contributed by atoms with Crippen molar-refractivity contribution in [2.24, 2.45) is 0 Å². The van der Waals surface area contributed by atoms with Gasteiger partial charge in [0, 0.05) is 6.54 Å². The van der Waals surface area contributed by atoms with Crippen molar-refractivity contribution in [3.63, 3.8) is 0 Å². The van der Waals surface area contributed by atoms with Crippen LogP contribution in [0.1, 0.15) is 15.2 Å². The van der Waals surface area contributed by atoms with E-state index in [-0.39, 0.29) is 17.6 Å². The molecule has 1 aromatic carbocycles. The summed E-state index contributed by atoms with van der Waals surface area (Å²) in [7, 11) is 0. The molecule has 0 radical (unpaired) electrons. The first-order chi connectivity index (χ1) is 12.2. The molecule has 2 amide bonds. The van der Waals surface area contributed by atoms with E-state index in [1.165, 1.54) is 34.4 Å². The lowest BCUT2D eigenvalue weighted by molar-refractivity contribution is -0.117. The van der Waals surface area contributed by atoms with E-state index in [0.717, 1.165) is 5.56 Å². The van der Waals surface area contributed by atoms with Gasteiger partial charge in [-0.25, -0.2) is 0 Å². The maximum Gasteiger partial charge on any atom is 0.267 e. The van der Waals surface area contributed by atoms with Crippen LogP contribution in [0.15, 0.2) is 52.2 Å². The first-order valence-electron chi connectivity index (χ1n) is 7.32. The number of hydrogen-bond donors (Lipinski definition) is 2. The Kier molecular flexibility index (Phi) is 6.15. The molecule has 0 saturated heterocycles. The van der Waals surface area contributed by atoms with Crippen molar-refractivity contribution in [2.75, 3.05) is 11.1 Å². The van der Waals surface area contributed by atoms with E-state index in [0.29, 0.717) is 20.9 Å². The van der Waals surface area contributed by atoms with E-state index in [4.69, 9.17) is 0 Å². The number of aromatic nitrogens is 2. The van der Waals surface area contributed by atoms with E-state index < -0.39 is 0 Å². The van der Waals surface area contributed by atoms with Gasteiger partial charge in [-0.05, 0) is 17.0 Å². The number of nitrogens with zero attached hydrogens (tertiary/aromatic N) is 2. The van der Waals surface area contributed by atoms with Crippen molar-refractivity contribution < 1.29 is 9.59 Å². The van der Waals surface area contributed by atoms with E-state index in [1.54, 1.807) is 17.5 Å². The highest BCUT2D eigenvalue weighted by Gasteiger charge is 2.13. The average molecular weight is 391 g/mol. The Balaban J connectivity index is 1.43. The molecule has 2 N–H and O–H groups in total. The minimum absolute atomic E-state index is 0.116. The molecule has 0 atom stereocenters. The topological polar surface area (TPSA) is 84.0 Å². The molecule has 0 spiro atoms. The monoisotopic (exact) mass is 390 g/mol. The lowest BCUT2D eigenvalue weighted by Gasteiger charge is -2.01. The van der Waals surface area contributed by atoms with Gasteiger partial charge in [0.1, 0.15) is 0 Å². The molecule has 0 aliphatic rings. The van der Waals surface area contributed by atoms with Gasteiger partial charge in [-0.2, -0.15) is 0 Å². The molecule has 9 heteroatoms. The van der Waals surface area contributed by atoms with E-state index in [2.05, 4.69) is 20.8 Å². The summed E-state index contributed by atoms with van der Waals surface area (Å²) in [6, 6.07) is 13.4. The number of anilines is 1.